The number of rotatable bonds is 5. The van der Waals surface area contributed by atoms with Crippen LogP contribution in [0.1, 0.15) is 34.0 Å². The van der Waals surface area contributed by atoms with Gasteiger partial charge in [0.05, 0.1) is 7.11 Å². The first-order valence-electron chi connectivity index (χ1n) is 6.83. The van der Waals surface area contributed by atoms with Crippen LogP contribution in [-0.2, 0) is 12.8 Å². The minimum atomic E-state index is 0.134. The molecule has 2 aromatic rings. The van der Waals surface area contributed by atoms with Crippen LogP contribution in [0.3, 0.4) is 0 Å². The van der Waals surface area contributed by atoms with E-state index in [2.05, 4.69) is 25.1 Å². The van der Waals surface area contributed by atoms with Crippen LogP contribution in [0.4, 0.5) is 0 Å². The first-order chi connectivity index (χ1) is 9.60. The maximum atomic E-state index is 11.7. The van der Waals surface area contributed by atoms with E-state index in [4.69, 9.17) is 4.74 Å². The molecule has 2 aromatic carbocycles. The molecule has 0 aliphatic heterocycles. The van der Waals surface area contributed by atoms with Crippen LogP contribution in [-0.4, -0.2) is 12.9 Å². The summed E-state index contributed by atoms with van der Waals surface area (Å²) in [5.41, 5.74) is 4.42. The Hall–Kier alpha value is -2.09. The van der Waals surface area contributed by atoms with Crippen molar-refractivity contribution in [2.24, 2.45) is 0 Å². The molecule has 0 aromatic heterocycles. The van der Waals surface area contributed by atoms with Gasteiger partial charge in [-0.05, 0) is 49.9 Å². The average molecular weight is 268 g/mol. The lowest BCUT2D eigenvalue weighted by molar-refractivity contribution is 0.101. The van der Waals surface area contributed by atoms with E-state index in [1.165, 1.54) is 11.1 Å². The van der Waals surface area contributed by atoms with Gasteiger partial charge in [-0.15, -0.1) is 0 Å². The topological polar surface area (TPSA) is 26.3 Å². The fourth-order valence-corrected chi connectivity index (χ4v) is 2.34. The van der Waals surface area contributed by atoms with Crippen molar-refractivity contribution in [3.05, 3.63) is 64.7 Å². The number of methoxy groups -OCH3 is 1. The smallest absolute Gasteiger partial charge is 0.160 e. The van der Waals surface area contributed by atoms with Gasteiger partial charge in [0.25, 0.3) is 0 Å². The largest absolute Gasteiger partial charge is 0.497 e. The lowest BCUT2D eigenvalue weighted by Gasteiger charge is -2.09. The molecular weight excluding hydrogens is 248 g/mol. The molecule has 0 N–H and O–H groups in total. The normalized spacial score (nSPS) is 10.3. The molecule has 20 heavy (non-hydrogen) atoms. The van der Waals surface area contributed by atoms with Crippen LogP contribution < -0.4 is 4.74 Å². The molecule has 2 heteroatoms. The van der Waals surface area contributed by atoms with Gasteiger partial charge in [-0.3, -0.25) is 4.79 Å². The Labute approximate surface area is 120 Å². The summed E-state index contributed by atoms with van der Waals surface area (Å²) in [5, 5.41) is 0. The summed E-state index contributed by atoms with van der Waals surface area (Å²) < 4.78 is 5.15. The highest BCUT2D eigenvalue weighted by Gasteiger charge is 2.07. The monoisotopic (exact) mass is 268 g/mol. The maximum absolute atomic E-state index is 11.7. The van der Waals surface area contributed by atoms with Crippen LogP contribution in [0.5, 0.6) is 5.75 Å². The van der Waals surface area contributed by atoms with E-state index < -0.39 is 0 Å². The summed E-state index contributed by atoms with van der Waals surface area (Å²) >= 11 is 0. The average Bonchev–Trinajstić information content (AvgIpc) is 2.45. The summed E-state index contributed by atoms with van der Waals surface area (Å²) in [6.45, 7) is 3.68. The van der Waals surface area contributed by atoms with Crippen molar-refractivity contribution in [2.45, 2.75) is 26.7 Å². The lowest BCUT2D eigenvalue weighted by Crippen LogP contribution is -2.02. The molecule has 0 heterocycles. The van der Waals surface area contributed by atoms with E-state index in [0.29, 0.717) is 0 Å². The Bertz CT molecular complexity index is 597. The van der Waals surface area contributed by atoms with E-state index in [1.54, 1.807) is 14.0 Å². The fourth-order valence-electron chi connectivity index (χ4n) is 2.34. The number of benzene rings is 2. The first kappa shape index (κ1) is 14.3. The van der Waals surface area contributed by atoms with Gasteiger partial charge >= 0.3 is 0 Å². The number of Topliss-reactive ketones (excluding diaryl/α,β-unsaturated/α-hetero) is 1. The highest BCUT2D eigenvalue weighted by Crippen LogP contribution is 2.17. The molecule has 0 aliphatic rings. The molecule has 0 saturated heterocycles. The standard InChI is InChI=1S/C18H20O2/c1-13-4-11-18(14(2)19)16(12-13)8-5-15-6-9-17(20-3)10-7-15/h4,6-7,9-12H,5,8H2,1-3H3. The second-order valence-corrected chi connectivity index (χ2v) is 5.06. The number of ether oxygens (including phenoxy) is 1. The van der Waals surface area contributed by atoms with Crippen LogP contribution >= 0.6 is 0 Å². The van der Waals surface area contributed by atoms with Crippen molar-refractivity contribution < 1.29 is 9.53 Å². The molecule has 0 spiro atoms. The first-order valence-corrected chi connectivity index (χ1v) is 6.83. The van der Waals surface area contributed by atoms with Crippen molar-refractivity contribution in [1.29, 1.82) is 0 Å². The SMILES string of the molecule is COc1ccc(CCc2cc(C)ccc2C(C)=O)cc1. The van der Waals surface area contributed by atoms with E-state index in [0.717, 1.165) is 29.7 Å². The molecule has 0 bridgehead atoms. The summed E-state index contributed by atoms with van der Waals surface area (Å²) in [6, 6.07) is 14.1. The molecule has 0 saturated carbocycles. The van der Waals surface area contributed by atoms with Crippen molar-refractivity contribution in [3.8, 4) is 5.75 Å². The van der Waals surface area contributed by atoms with Crippen LogP contribution in [0, 0.1) is 6.92 Å². The molecule has 104 valence electrons. The number of carbonyl (C=O) groups is 1. The molecule has 0 unspecified atom stereocenters. The highest BCUT2D eigenvalue weighted by atomic mass is 16.5. The Morgan fingerprint density at radius 2 is 1.75 bits per heavy atom. The molecule has 0 radical (unpaired) electrons. The van der Waals surface area contributed by atoms with Crippen molar-refractivity contribution in [2.75, 3.05) is 7.11 Å². The number of carbonyl (C=O) groups excluding carboxylic acids is 1. The van der Waals surface area contributed by atoms with Gasteiger partial charge in [0.15, 0.2) is 5.78 Å². The molecule has 2 rings (SSSR count). The third kappa shape index (κ3) is 3.47. The van der Waals surface area contributed by atoms with Gasteiger partial charge in [-0.1, -0.05) is 35.9 Å². The Morgan fingerprint density at radius 3 is 2.35 bits per heavy atom. The zero-order valence-electron chi connectivity index (χ0n) is 12.3. The van der Waals surface area contributed by atoms with Crippen molar-refractivity contribution >= 4 is 5.78 Å². The zero-order chi connectivity index (χ0) is 14.5. The molecule has 0 fully saturated rings. The molecule has 0 aliphatic carbocycles. The van der Waals surface area contributed by atoms with Gasteiger partial charge in [0.1, 0.15) is 5.75 Å². The van der Waals surface area contributed by atoms with Gasteiger partial charge < -0.3 is 4.74 Å². The maximum Gasteiger partial charge on any atom is 0.160 e. The van der Waals surface area contributed by atoms with Crippen LogP contribution in [0.25, 0.3) is 0 Å². The molecule has 0 amide bonds. The zero-order valence-corrected chi connectivity index (χ0v) is 12.3. The quantitative estimate of drug-likeness (QED) is 0.766. The number of aryl methyl sites for hydroxylation is 3. The minimum absolute atomic E-state index is 0.134. The number of hydrogen-bond acceptors (Lipinski definition) is 2. The number of hydrogen-bond donors (Lipinski definition) is 0. The van der Waals surface area contributed by atoms with Gasteiger partial charge in [-0.25, -0.2) is 0 Å². The second kappa shape index (κ2) is 6.38. The minimum Gasteiger partial charge on any atom is -0.497 e. The van der Waals surface area contributed by atoms with Crippen molar-refractivity contribution in [1.82, 2.24) is 0 Å². The van der Waals surface area contributed by atoms with E-state index in [-0.39, 0.29) is 5.78 Å². The molecule has 2 nitrogen and oxygen atoms in total. The van der Waals surface area contributed by atoms with Gasteiger partial charge in [0, 0.05) is 5.56 Å². The fraction of sp³-hybridized carbons (Fsp3) is 0.278. The van der Waals surface area contributed by atoms with Crippen molar-refractivity contribution in [3.63, 3.8) is 0 Å². The summed E-state index contributed by atoms with van der Waals surface area (Å²) in [4.78, 5) is 11.7. The third-order valence-electron chi connectivity index (χ3n) is 3.48. The predicted molar refractivity (Wildman–Crippen MR) is 81.6 cm³/mol. The predicted octanol–water partition coefficient (Wildman–Crippen LogP) is 3.99. The molecular formula is C18H20O2. The summed E-state index contributed by atoms with van der Waals surface area (Å²) in [6.07, 6.45) is 1.80. The number of ketones is 1. The Balaban J connectivity index is 2.13. The molecule has 0 atom stereocenters. The highest BCUT2D eigenvalue weighted by molar-refractivity contribution is 5.95. The van der Waals surface area contributed by atoms with E-state index in [1.807, 2.05) is 24.3 Å². The second-order valence-electron chi connectivity index (χ2n) is 5.06. The van der Waals surface area contributed by atoms with Crippen LogP contribution in [0.2, 0.25) is 0 Å². The van der Waals surface area contributed by atoms with E-state index in [9.17, 15) is 4.79 Å². The third-order valence-corrected chi connectivity index (χ3v) is 3.48. The van der Waals surface area contributed by atoms with E-state index >= 15 is 0 Å². The lowest BCUT2D eigenvalue weighted by atomic mass is 9.96. The van der Waals surface area contributed by atoms with Gasteiger partial charge in [-0.2, -0.15) is 0 Å². The Kier molecular flexibility index (Phi) is 4.57. The Morgan fingerprint density at radius 1 is 1.05 bits per heavy atom. The summed E-state index contributed by atoms with van der Waals surface area (Å²) in [5.74, 6) is 1.00. The van der Waals surface area contributed by atoms with Crippen LogP contribution in [0.15, 0.2) is 42.5 Å². The summed E-state index contributed by atoms with van der Waals surface area (Å²) in [7, 11) is 1.67. The van der Waals surface area contributed by atoms with Gasteiger partial charge in [0.2, 0.25) is 0 Å².